The molecule has 0 spiro atoms. The number of carbonyl (C=O) groups excluding carboxylic acids is 3. The zero-order chi connectivity index (χ0) is 23.8. The highest BCUT2D eigenvalue weighted by molar-refractivity contribution is 7.92. The Morgan fingerprint density at radius 2 is 1.70 bits per heavy atom. The number of hydrogen-bond donors (Lipinski definition) is 4. The van der Waals surface area contributed by atoms with E-state index < -0.39 is 27.9 Å². The number of amides is 3. The van der Waals surface area contributed by atoms with Crippen molar-refractivity contribution in [2.24, 2.45) is 0 Å². The summed E-state index contributed by atoms with van der Waals surface area (Å²) in [5.74, 6) is -1.80. The first-order valence-corrected chi connectivity index (χ1v) is 12.1. The second-order valence-electron chi connectivity index (χ2n) is 7.34. The molecule has 3 aromatic rings. The van der Waals surface area contributed by atoms with Crippen molar-refractivity contribution in [3.63, 3.8) is 0 Å². The van der Waals surface area contributed by atoms with E-state index in [2.05, 4.69) is 16.0 Å². The van der Waals surface area contributed by atoms with E-state index in [1.54, 1.807) is 50.4 Å². The van der Waals surface area contributed by atoms with E-state index in [0.717, 1.165) is 21.9 Å². The van der Waals surface area contributed by atoms with Gasteiger partial charge in [-0.25, -0.2) is 17.9 Å². The summed E-state index contributed by atoms with van der Waals surface area (Å²) in [5.41, 5.74) is 2.38. The van der Waals surface area contributed by atoms with Crippen LogP contribution in [0, 0.1) is 6.92 Å². The molecule has 11 heteroatoms. The van der Waals surface area contributed by atoms with Crippen LogP contribution in [-0.4, -0.2) is 33.2 Å². The van der Waals surface area contributed by atoms with Crippen molar-refractivity contribution in [3.8, 4) is 0 Å². The van der Waals surface area contributed by atoms with Crippen molar-refractivity contribution in [3.05, 3.63) is 70.6 Å². The van der Waals surface area contributed by atoms with E-state index in [-0.39, 0.29) is 9.99 Å². The smallest absolute Gasteiger partial charge is 0.333 e. The zero-order valence-electron chi connectivity index (χ0n) is 17.6. The van der Waals surface area contributed by atoms with Gasteiger partial charge in [0.2, 0.25) is 5.91 Å². The summed E-state index contributed by atoms with van der Waals surface area (Å²) in [5, 5.41) is 8.15. The third kappa shape index (κ3) is 4.59. The summed E-state index contributed by atoms with van der Waals surface area (Å²) in [7, 11) is -2.24. The van der Waals surface area contributed by atoms with Crippen LogP contribution in [0.4, 0.5) is 21.9 Å². The van der Waals surface area contributed by atoms with Crippen LogP contribution in [-0.2, 0) is 14.8 Å². The summed E-state index contributed by atoms with van der Waals surface area (Å²) in [6, 6.07) is 13.3. The number of sulfonamides is 1. The van der Waals surface area contributed by atoms with Crippen LogP contribution in [0.5, 0.6) is 0 Å². The van der Waals surface area contributed by atoms with Gasteiger partial charge in [-0.15, -0.1) is 11.3 Å². The first-order chi connectivity index (χ1) is 15.7. The first kappa shape index (κ1) is 22.5. The molecule has 3 amide bonds. The highest BCUT2D eigenvalue weighted by Gasteiger charge is 2.35. The Labute approximate surface area is 194 Å². The number of anilines is 3. The van der Waals surface area contributed by atoms with Gasteiger partial charge in [0, 0.05) is 28.9 Å². The largest absolute Gasteiger partial charge is 0.388 e. The Morgan fingerprint density at radius 1 is 1.00 bits per heavy atom. The van der Waals surface area contributed by atoms with Crippen LogP contribution in [0.1, 0.15) is 26.7 Å². The molecule has 1 atom stereocenters. The van der Waals surface area contributed by atoms with Crippen LogP contribution in [0.25, 0.3) is 0 Å². The van der Waals surface area contributed by atoms with Gasteiger partial charge >= 0.3 is 6.03 Å². The molecular weight excluding hydrogens is 464 g/mol. The van der Waals surface area contributed by atoms with Crippen molar-refractivity contribution in [2.45, 2.75) is 17.1 Å². The molecule has 0 saturated carbocycles. The van der Waals surface area contributed by atoms with Gasteiger partial charge in [-0.05, 0) is 55.0 Å². The predicted molar refractivity (Wildman–Crippen MR) is 127 cm³/mol. The number of hydrogen-bond acceptors (Lipinski definition) is 7. The number of fused-ring (bicyclic) bond motifs is 1. The molecule has 2 aromatic carbocycles. The Kier molecular flexibility index (Phi) is 5.91. The lowest BCUT2D eigenvalue weighted by molar-refractivity contribution is -0.116. The number of ketones is 1. The van der Waals surface area contributed by atoms with Gasteiger partial charge in [0.05, 0.1) is 5.69 Å². The lowest BCUT2D eigenvalue weighted by Crippen LogP contribution is -2.34. The molecule has 0 saturated heterocycles. The van der Waals surface area contributed by atoms with E-state index in [0.29, 0.717) is 22.5 Å². The van der Waals surface area contributed by atoms with Crippen molar-refractivity contribution < 1.29 is 22.8 Å². The van der Waals surface area contributed by atoms with Crippen LogP contribution in [0.15, 0.2) is 58.8 Å². The van der Waals surface area contributed by atoms with Crippen molar-refractivity contribution in [2.75, 3.05) is 23.0 Å². The van der Waals surface area contributed by atoms with E-state index >= 15 is 0 Å². The number of thiophene rings is 1. The van der Waals surface area contributed by atoms with E-state index in [4.69, 9.17) is 0 Å². The van der Waals surface area contributed by atoms with Crippen LogP contribution in [0.2, 0.25) is 0 Å². The topological polar surface area (TPSA) is 133 Å². The molecule has 0 aliphatic carbocycles. The molecule has 2 heterocycles. The van der Waals surface area contributed by atoms with Gasteiger partial charge in [0.25, 0.3) is 10.0 Å². The first-order valence-electron chi connectivity index (χ1n) is 9.85. The number of carbonyl (C=O) groups is 3. The van der Waals surface area contributed by atoms with Crippen molar-refractivity contribution >= 4 is 56.1 Å². The molecule has 1 aromatic heterocycles. The minimum absolute atomic E-state index is 0.0365. The summed E-state index contributed by atoms with van der Waals surface area (Å²) in [4.78, 5) is 38.6. The number of Topliss-reactive ketones (excluding diaryl/α,β-unsaturated/α-hetero) is 1. The summed E-state index contributed by atoms with van der Waals surface area (Å²) in [6.07, 6.45) is 0. The predicted octanol–water partition coefficient (Wildman–Crippen LogP) is 3.53. The Bertz CT molecular complexity index is 1360. The maximum atomic E-state index is 13.0. The quantitative estimate of drug-likeness (QED) is 0.410. The lowest BCUT2D eigenvalue weighted by Gasteiger charge is -2.24. The summed E-state index contributed by atoms with van der Waals surface area (Å²) < 4.78 is 26.5. The molecule has 1 unspecified atom stereocenters. The Balaban J connectivity index is 1.47. The highest BCUT2D eigenvalue weighted by Crippen LogP contribution is 2.33. The van der Waals surface area contributed by atoms with Crippen LogP contribution >= 0.6 is 11.3 Å². The maximum Gasteiger partial charge on any atom is 0.333 e. The highest BCUT2D eigenvalue weighted by atomic mass is 32.2. The second kappa shape index (κ2) is 8.68. The molecule has 1 aliphatic rings. The fourth-order valence-corrected chi connectivity index (χ4v) is 5.64. The minimum atomic E-state index is -3.98. The molecule has 170 valence electrons. The number of nitrogens with one attached hydrogen (secondary N) is 4. The van der Waals surface area contributed by atoms with Gasteiger partial charge in [-0.3, -0.25) is 9.59 Å². The Hall–Kier alpha value is -3.70. The third-order valence-electron chi connectivity index (χ3n) is 5.07. The number of aryl methyl sites for hydroxylation is 1. The molecule has 33 heavy (non-hydrogen) atoms. The number of rotatable bonds is 5. The Morgan fingerprint density at radius 3 is 2.33 bits per heavy atom. The standard InChI is InChI=1S/C22H20N4O5S2/c1-12-3-10-18(32-12)33(30,31)26-22(29)24-14-6-4-13(5-7-14)19-20(27)16-9-8-15(23-2)11-17(16)25-21(19)28/h3-11,19,23H,1-2H3,(H,25,28)(H2,24,26,29). The number of benzene rings is 2. The molecule has 1 aliphatic heterocycles. The molecule has 0 radical (unpaired) electrons. The molecule has 0 fully saturated rings. The normalized spacial score (nSPS) is 15.4. The van der Waals surface area contributed by atoms with Crippen molar-refractivity contribution in [1.82, 2.24) is 4.72 Å². The molecule has 9 nitrogen and oxygen atoms in total. The van der Waals surface area contributed by atoms with Gasteiger partial charge in [0.15, 0.2) is 5.78 Å². The molecule has 0 bridgehead atoms. The second-order valence-corrected chi connectivity index (χ2v) is 10.5. The molecular formula is C22H20N4O5S2. The van der Waals surface area contributed by atoms with Crippen LogP contribution in [0.3, 0.4) is 0 Å². The average Bonchev–Trinajstić information content (AvgIpc) is 3.21. The lowest BCUT2D eigenvalue weighted by atomic mass is 9.86. The van der Waals surface area contributed by atoms with Gasteiger partial charge in [-0.2, -0.15) is 0 Å². The van der Waals surface area contributed by atoms with Crippen LogP contribution < -0.4 is 20.7 Å². The molecule has 4 rings (SSSR count). The van der Waals surface area contributed by atoms with E-state index in [1.807, 2.05) is 4.72 Å². The summed E-state index contributed by atoms with van der Waals surface area (Å²) in [6.45, 7) is 1.76. The van der Waals surface area contributed by atoms with Gasteiger partial charge < -0.3 is 16.0 Å². The summed E-state index contributed by atoms with van der Waals surface area (Å²) >= 11 is 1.05. The SMILES string of the molecule is CNc1ccc2c(c1)NC(=O)C(c1ccc(NC(=O)NS(=O)(=O)c3ccc(C)s3)cc1)C2=O. The average molecular weight is 485 g/mol. The van der Waals surface area contributed by atoms with E-state index in [1.165, 1.54) is 18.2 Å². The van der Waals surface area contributed by atoms with Gasteiger partial charge in [0.1, 0.15) is 10.1 Å². The fourth-order valence-electron chi connectivity index (χ4n) is 3.44. The zero-order valence-corrected chi connectivity index (χ0v) is 19.3. The minimum Gasteiger partial charge on any atom is -0.388 e. The molecule has 4 N–H and O–H groups in total. The van der Waals surface area contributed by atoms with E-state index in [9.17, 15) is 22.8 Å². The monoisotopic (exact) mass is 484 g/mol. The number of urea groups is 1. The third-order valence-corrected chi connectivity index (χ3v) is 7.89. The van der Waals surface area contributed by atoms with Gasteiger partial charge in [-0.1, -0.05) is 12.1 Å². The maximum absolute atomic E-state index is 13.0. The van der Waals surface area contributed by atoms with Crippen molar-refractivity contribution in [1.29, 1.82) is 0 Å². The fraction of sp³-hybridized carbons (Fsp3) is 0.136.